The van der Waals surface area contributed by atoms with Crippen molar-refractivity contribution >= 4 is 23.2 Å². The van der Waals surface area contributed by atoms with Crippen molar-refractivity contribution in [3.63, 3.8) is 0 Å². The topological polar surface area (TPSA) is 52.2 Å². The second-order valence-electron chi connectivity index (χ2n) is 6.97. The second kappa shape index (κ2) is 8.02. The molecule has 0 bridgehead atoms. The highest BCUT2D eigenvalue weighted by molar-refractivity contribution is 6.33. The summed E-state index contributed by atoms with van der Waals surface area (Å²) in [5, 5.41) is 7.48. The molecule has 1 N–H and O–H groups in total. The van der Waals surface area contributed by atoms with Crippen molar-refractivity contribution in [1.29, 1.82) is 0 Å². The van der Waals surface area contributed by atoms with E-state index in [1.807, 2.05) is 23.1 Å². The van der Waals surface area contributed by atoms with Gasteiger partial charge in [0.25, 0.3) is 5.91 Å². The molecule has 4 rings (SSSR count). The lowest BCUT2D eigenvalue weighted by molar-refractivity contribution is -0.137. The van der Waals surface area contributed by atoms with Gasteiger partial charge in [0.2, 0.25) is 0 Å². The standard InChI is InChI=1S/C21H18ClF3N4O/c22-17-7-2-1-6-16(17)18-13-19(27-26-18)20(30)29-10-8-28(9-11-29)15-5-3-4-14(12-15)21(23,24)25/h1-7,12-13H,8-11H2,(H,26,27). The van der Waals surface area contributed by atoms with Crippen LogP contribution in [-0.2, 0) is 6.18 Å². The molecule has 1 fully saturated rings. The number of alkyl halides is 3. The van der Waals surface area contributed by atoms with Crippen molar-refractivity contribution in [3.05, 3.63) is 70.9 Å². The molecule has 0 unspecified atom stereocenters. The number of nitrogens with one attached hydrogen (secondary N) is 1. The average molecular weight is 435 g/mol. The maximum Gasteiger partial charge on any atom is 0.416 e. The summed E-state index contributed by atoms with van der Waals surface area (Å²) < 4.78 is 38.9. The van der Waals surface area contributed by atoms with Gasteiger partial charge in [-0.15, -0.1) is 0 Å². The maximum atomic E-state index is 13.0. The van der Waals surface area contributed by atoms with E-state index >= 15 is 0 Å². The summed E-state index contributed by atoms with van der Waals surface area (Å²) in [4.78, 5) is 16.3. The van der Waals surface area contributed by atoms with Gasteiger partial charge in [-0.2, -0.15) is 18.3 Å². The first-order chi connectivity index (χ1) is 14.3. The molecular weight excluding hydrogens is 417 g/mol. The molecule has 2 aromatic carbocycles. The highest BCUT2D eigenvalue weighted by atomic mass is 35.5. The van der Waals surface area contributed by atoms with Gasteiger partial charge in [-0.05, 0) is 30.3 Å². The molecule has 1 aliphatic rings. The number of hydrogen-bond acceptors (Lipinski definition) is 3. The van der Waals surface area contributed by atoms with Gasteiger partial charge in [0.15, 0.2) is 0 Å². The fourth-order valence-electron chi connectivity index (χ4n) is 3.46. The first-order valence-corrected chi connectivity index (χ1v) is 9.72. The zero-order chi connectivity index (χ0) is 21.3. The Labute approximate surface area is 176 Å². The summed E-state index contributed by atoms with van der Waals surface area (Å²) >= 11 is 6.18. The molecule has 0 aliphatic carbocycles. The van der Waals surface area contributed by atoms with Crippen molar-refractivity contribution in [2.75, 3.05) is 31.1 Å². The van der Waals surface area contributed by atoms with Crippen molar-refractivity contribution < 1.29 is 18.0 Å². The minimum absolute atomic E-state index is 0.204. The fourth-order valence-corrected chi connectivity index (χ4v) is 3.69. The van der Waals surface area contributed by atoms with E-state index in [0.29, 0.717) is 48.3 Å². The van der Waals surface area contributed by atoms with Gasteiger partial charge in [0.05, 0.1) is 16.3 Å². The number of carbonyl (C=O) groups is 1. The summed E-state index contributed by atoms with van der Waals surface area (Å²) in [7, 11) is 0. The lowest BCUT2D eigenvalue weighted by Crippen LogP contribution is -2.49. The number of aromatic amines is 1. The number of piperazine rings is 1. The van der Waals surface area contributed by atoms with Crippen molar-refractivity contribution in [2.24, 2.45) is 0 Å². The molecule has 1 aromatic heterocycles. The van der Waals surface area contributed by atoms with Crippen LogP contribution < -0.4 is 4.90 Å². The molecule has 0 spiro atoms. The molecule has 0 saturated carbocycles. The zero-order valence-corrected chi connectivity index (χ0v) is 16.5. The number of H-pyrrole nitrogens is 1. The van der Waals surface area contributed by atoms with Crippen LogP contribution in [0.25, 0.3) is 11.3 Å². The maximum absolute atomic E-state index is 13.0. The molecule has 3 aromatic rings. The fraction of sp³-hybridized carbons (Fsp3) is 0.238. The minimum Gasteiger partial charge on any atom is -0.368 e. The number of benzene rings is 2. The van der Waals surface area contributed by atoms with E-state index in [1.54, 1.807) is 23.1 Å². The Hall–Kier alpha value is -3.00. The Kier molecular flexibility index (Phi) is 5.42. The number of anilines is 1. The van der Waals surface area contributed by atoms with E-state index in [9.17, 15) is 18.0 Å². The number of hydrogen-bond donors (Lipinski definition) is 1. The summed E-state index contributed by atoms with van der Waals surface area (Å²) in [6.45, 7) is 1.68. The lowest BCUT2D eigenvalue weighted by Gasteiger charge is -2.36. The number of rotatable bonds is 3. The third-order valence-electron chi connectivity index (χ3n) is 5.06. The largest absolute Gasteiger partial charge is 0.416 e. The van der Waals surface area contributed by atoms with Gasteiger partial charge in [-0.1, -0.05) is 35.9 Å². The molecule has 1 amide bonds. The van der Waals surface area contributed by atoms with E-state index < -0.39 is 11.7 Å². The van der Waals surface area contributed by atoms with Gasteiger partial charge in [-0.25, -0.2) is 0 Å². The van der Waals surface area contributed by atoms with Gasteiger partial charge < -0.3 is 9.80 Å². The van der Waals surface area contributed by atoms with Crippen molar-refractivity contribution in [2.45, 2.75) is 6.18 Å². The molecule has 5 nitrogen and oxygen atoms in total. The predicted molar refractivity (Wildman–Crippen MR) is 109 cm³/mol. The van der Waals surface area contributed by atoms with Gasteiger partial charge in [0, 0.05) is 37.4 Å². The van der Waals surface area contributed by atoms with Gasteiger partial charge >= 0.3 is 6.18 Å². The summed E-state index contributed by atoms with van der Waals surface area (Å²) in [6, 6.07) is 14.1. The number of halogens is 4. The van der Waals surface area contributed by atoms with Crippen LogP contribution in [0.1, 0.15) is 16.1 Å². The van der Waals surface area contributed by atoms with E-state index in [0.717, 1.165) is 17.7 Å². The Morgan fingerprint density at radius 3 is 2.43 bits per heavy atom. The van der Waals surface area contributed by atoms with Crippen LogP contribution in [0.3, 0.4) is 0 Å². The molecular formula is C21H18ClF3N4O. The predicted octanol–water partition coefficient (Wildman–Crippen LogP) is 4.71. The third kappa shape index (κ3) is 4.14. The van der Waals surface area contributed by atoms with Crippen LogP contribution in [0.2, 0.25) is 5.02 Å². The molecule has 0 atom stereocenters. The normalized spacial score (nSPS) is 14.8. The third-order valence-corrected chi connectivity index (χ3v) is 5.39. The number of carbonyl (C=O) groups excluding carboxylic acids is 1. The van der Waals surface area contributed by atoms with Crippen LogP contribution in [-0.4, -0.2) is 47.2 Å². The Bertz CT molecular complexity index is 1060. The van der Waals surface area contributed by atoms with Crippen LogP contribution >= 0.6 is 11.6 Å². The summed E-state index contributed by atoms with van der Waals surface area (Å²) in [6.07, 6.45) is -4.38. The molecule has 1 aliphatic heterocycles. The lowest BCUT2D eigenvalue weighted by atomic mass is 10.1. The SMILES string of the molecule is O=C(c1cc(-c2ccccc2Cl)n[nH]1)N1CCN(c2cccc(C(F)(F)F)c2)CC1. The van der Waals surface area contributed by atoms with Crippen molar-refractivity contribution in [3.8, 4) is 11.3 Å². The minimum atomic E-state index is -4.38. The number of amides is 1. The first kappa shape index (κ1) is 20.3. The highest BCUT2D eigenvalue weighted by Crippen LogP contribution is 2.32. The quantitative estimate of drug-likeness (QED) is 0.649. The van der Waals surface area contributed by atoms with Crippen LogP contribution in [0.15, 0.2) is 54.6 Å². The Morgan fingerprint density at radius 2 is 1.73 bits per heavy atom. The Balaban J connectivity index is 1.43. The Morgan fingerprint density at radius 1 is 1.00 bits per heavy atom. The zero-order valence-electron chi connectivity index (χ0n) is 15.8. The first-order valence-electron chi connectivity index (χ1n) is 9.35. The van der Waals surface area contributed by atoms with Crippen LogP contribution in [0, 0.1) is 0 Å². The van der Waals surface area contributed by atoms with E-state index in [1.165, 1.54) is 6.07 Å². The highest BCUT2D eigenvalue weighted by Gasteiger charge is 2.31. The summed E-state index contributed by atoms with van der Waals surface area (Å²) in [5.41, 5.74) is 1.47. The van der Waals surface area contributed by atoms with Gasteiger partial charge in [0.1, 0.15) is 5.69 Å². The molecule has 1 saturated heterocycles. The molecule has 30 heavy (non-hydrogen) atoms. The number of nitrogens with zero attached hydrogens (tertiary/aromatic N) is 3. The van der Waals surface area contributed by atoms with Crippen LogP contribution in [0.4, 0.5) is 18.9 Å². The van der Waals surface area contributed by atoms with E-state index in [-0.39, 0.29) is 5.91 Å². The molecule has 2 heterocycles. The molecule has 9 heteroatoms. The van der Waals surface area contributed by atoms with E-state index in [2.05, 4.69) is 10.2 Å². The molecule has 0 radical (unpaired) electrons. The van der Waals surface area contributed by atoms with Crippen molar-refractivity contribution in [1.82, 2.24) is 15.1 Å². The summed E-state index contributed by atoms with van der Waals surface area (Å²) in [5.74, 6) is -0.204. The molecule has 156 valence electrons. The smallest absolute Gasteiger partial charge is 0.368 e. The van der Waals surface area contributed by atoms with Crippen LogP contribution in [0.5, 0.6) is 0 Å². The van der Waals surface area contributed by atoms with Gasteiger partial charge in [-0.3, -0.25) is 9.89 Å². The second-order valence-corrected chi connectivity index (χ2v) is 7.38. The number of aromatic nitrogens is 2. The van der Waals surface area contributed by atoms with E-state index in [4.69, 9.17) is 11.6 Å². The monoisotopic (exact) mass is 434 g/mol. The average Bonchev–Trinajstić information content (AvgIpc) is 3.23.